The first-order valence-electron chi connectivity index (χ1n) is 12.9. The van der Waals surface area contributed by atoms with E-state index in [9.17, 15) is 8.42 Å². The molecule has 0 radical (unpaired) electrons. The Morgan fingerprint density at radius 1 is 0.925 bits per heavy atom. The molecular weight excluding hydrogens is 550 g/mol. The van der Waals surface area contributed by atoms with Gasteiger partial charge >= 0.3 is 0 Å². The van der Waals surface area contributed by atoms with Crippen LogP contribution in [0.2, 0.25) is 5.02 Å². The smallest absolute Gasteiger partial charge is 0.229 e. The minimum atomic E-state index is -3.20. The Kier molecular flexibility index (Phi) is 7.18. The number of benzene rings is 2. The predicted octanol–water partition coefficient (Wildman–Crippen LogP) is 4.70. The van der Waals surface area contributed by atoms with E-state index in [2.05, 4.69) is 42.6 Å². The molecule has 12 heteroatoms. The molecule has 40 heavy (non-hydrogen) atoms. The van der Waals surface area contributed by atoms with Crippen LogP contribution in [0.25, 0.3) is 11.1 Å². The summed E-state index contributed by atoms with van der Waals surface area (Å²) in [4.78, 5) is 15.7. The first-order valence-corrected chi connectivity index (χ1v) is 15.1. The van der Waals surface area contributed by atoms with Gasteiger partial charge in [0.05, 0.1) is 19.1 Å². The van der Waals surface area contributed by atoms with Crippen LogP contribution in [0.4, 0.5) is 29.0 Å². The first-order chi connectivity index (χ1) is 19.3. The second-order valence-electron chi connectivity index (χ2n) is 9.74. The predicted molar refractivity (Wildman–Crippen MR) is 158 cm³/mol. The summed E-state index contributed by atoms with van der Waals surface area (Å²) in [5.74, 6) is 2.46. The number of halogens is 1. The van der Waals surface area contributed by atoms with Gasteiger partial charge in [0, 0.05) is 56.2 Å². The van der Waals surface area contributed by atoms with Gasteiger partial charge in [-0.15, -0.1) is 0 Å². The number of nitrogens with zero attached hydrogens (tertiary/aromatic N) is 5. The van der Waals surface area contributed by atoms with Crippen LogP contribution in [0.15, 0.2) is 67.0 Å². The van der Waals surface area contributed by atoms with Crippen LogP contribution < -0.4 is 20.3 Å². The van der Waals surface area contributed by atoms with E-state index in [1.165, 1.54) is 10.6 Å². The lowest BCUT2D eigenvalue weighted by molar-refractivity contribution is 0.322. The van der Waals surface area contributed by atoms with Gasteiger partial charge in [0.15, 0.2) is 5.82 Å². The van der Waals surface area contributed by atoms with Gasteiger partial charge in [0.25, 0.3) is 0 Å². The molecule has 0 aliphatic carbocycles. The third kappa shape index (κ3) is 5.96. The van der Waals surface area contributed by atoms with E-state index in [-0.39, 0.29) is 0 Å². The number of pyridine rings is 1. The fourth-order valence-electron chi connectivity index (χ4n) is 4.83. The average molecular weight is 578 g/mol. The number of hydrogen-bond acceptors (Lipinski definition) is 9. The maximum absolute atomic E-state index is 11.9. The monoisotopic (exact) mass is 577 g/mol. The molecule has 1 saturated heterocycles. The molecule has 0 spiro atoms. The highest BCUT2D eigenvalue weighted by atomic mass is 35.5. The van der Waals surface area contributed by atoms with Crippen molar-refractivity contribution in [3.8, 4) is 16.9 Å². The van der Waals surface area contributed by atoms with Crippen LogP contribution in [-0.2, 0) is 16.4 Å². The maximum Gasteiger partial charge on any atom is 0.229 e. The maximum atomic E-state index is 11.9. The quantitative estimate of drug-likeness (QED) is 0.358. The minimum absolute atomic E-state index is 0.403. The molecule has 0 unspecified atom stereocenters. The van der Waals surface area contributed by atoms with Crippen LogP contribution in [0.1, 0.15) is 5.56 Å². The summed E-state index contributed by atoms with van der Waals surface area (Å²) in [5, 5.41) is 6.98. The lowest BCUT2D eigenvalue weighted by Crippen LogP contribution is -2.48. The summed E-state index contributed by atoms with van der Waals surface area (Å²) < 4.78 is 31.4. The van der Waals surface area contributed by atoms with Crippen LogP contribution in [0.3, 0.4) is 0 Å². The highest BCUT2D eigenvalue weighted by Gasteiger charge is 2.24. The SMILES string of the molecule is CS(=O)(=O)N1CCN(c2cc(-c3cc4cc(c3)Nc3ncc(Cl)c(n3)Nc3cccc(c3)OCC4)ccn2)CC1. The number of piperazine rings is 1. The number of anilines is 5. The Morgan fingerprint density at radius 2 is 1.77 bits per heavy atom. The summed E-state index contributed by atoms with van der Waals surface area (Å²) in [6.07, 6.45) is 5.30. The van der Waals surface area contributed by atoms with E-state index in [1.54, 1.807) is 12.4 Å². The molecule has 0 amide bonds. The summed E-state index contributed by atoms with van der Waals surface area (Å²) in [6.45, 7) is 2.55. The lowest BCUT2D eigenvalue weighted by atomic mass is 10.0. The Bertz CT molecular complexity index is 1660. The zero-order valence-electron chi connectivity index (χ0n) is 21.8. The summed E-state index contributed by atoms with van der Waals surface area (Å²) in [6, 6.07) is 17.9. The van der Waals surface area contributed by atoms with Crippen molar-refractivity contribution in [3.63, 3.8) is 0 Å². The molecule has 2 N–H and O–H groups in total. The number of aromatic nitrogens is 3. The molecule has 1 fully saturated rings. The molecular formula is C28H28ClN7O3S. The van der Waals surface area contributed by atoms with Crippen molar-refractivity contribution in [2.75, 3.05) is 54.6 Å². The molecule has 10 nitrogen and oxygen atoms in total. The van der Waals surface area contributed by atoms with Gasteiger partial charge in [-0.3, -0.25) is 0 Å². The Hall–Kier alpha value is -3.93. The van der Waals surface area contributed by atoms with E-state index in [1.807, 2.05) is 42.5 Å². The topological polar surface area (TPSA) is 113 Å². The molecule has 4 aromatic rings. The fourth-order valence-corrected chi connectivity index (χ4v) is 5.79. The van der Waals surface area contributed by atoms with E-state index < -0.39 is 10.0 Å². The van der Waals surface area contributed by atoms with Crippen LogP contribution >= 0.6 is 11.6 Å². The minimum Gasteiger partial charge on any atom is -0.493 e. The first kappa shape index (κ1) is 26.3. The van der Waals surface area contributed by atoms with Crippen molar-refractivity contribution in [2.24, 2.45) is 0 Å². The van der Waals surface area contributed by atoms with Gasteiger partial charge in [0.1, 0.15) is 16.6 Å². The van der Waals surface area contributed by atoms with Crippen LogP contribution in [0, 0.1) is 0 Å². The molecule has 2 aromatic heterocycles. The molecule has 6 rings (SSSR count). The van der Waals surface area contributed by atoms with E-state index in [0.29, 0.717) is 56.0 Å². The van der Waals surface area contributed by atoms with Gasteiger partial charge < -0.3 is 20.3 Å². The second kappa shape index (κ2) is 10.9. The highest BCUT2D eigenvalue weighted by Crippen LogP contribution is 2.31. The molecule has 2 aliphatic rings. The van der Waals surface area contributed by atoms with E-state index in [4.69, 9.17) is 16.3 Å². The van der Waals surface area contributed by atoms with Gasteiger partial charge in [-0.05, 0) is 53.1 Å². The number of ether oxygens (including phenoxy) is 1. The molecule has 6 bridgehead atoms. The highest BCUT2D eigenvalue weighted by molar-refractivity contribution is 7.88. The largest absolute Gasteiger partial charge is 0.493 e. The summed E-state index contributed by atoms with van der Waals surface area (Å²) in [7, 11) is -3.20. The van der Waals surface area contributed by atoms with Crippen molar-refractivity contribution in [1.82, 2.24) is 19.3 Å². The van der Waals surface area contributed by atoms with Gasteiger partial charge in [-0.1, -0.05) is 23.7 Å². The Morgan fingerprint density at radius 3 is 2.60 bits per heavy atom. The third-order valence-electron chi connectivity index (χ3n) is 6.86. The molecule has 206 valence electrons. The molecule has 4 heterocycles. The normalized spacial score (nSPS) is 15.8. The van der Waals surface area contributed by atoms with E-state index in [0.717, 1.165) is 39.6 Å². The number of hydrogen-bond donors (Lipinski definition) is 2. The zero-order chi connectivity index (χ0) is 27.7. The van der Waals surface area contributed by atoms with Crippen LogP contribution in [-0.4, -0.2) is 66.7 Å². The average Bonchev–Trinajstić information content (AvgIpc) is 2.94. The van der Waals surface area contributed by atoms with E-state index >= 15 is 0 Å². The standard InChI is InChI=1S/C28H28ClN7O3S/c1-40(37,38)36-10-8-35(9-11-36)26-16-20(5-7-30-26)21-13-19-6-12-39-24-4-2-3-22(17-24)32-27-25(29)18-31-28(34-27)33-23(14-19)15-21/h2-5,7,13-18H,6,8-12H2,1H3,(H2,31,32,33,34). The Labute approximate surface area is 238 Å². The number of fused-ring (bicyclic) bond motifs is 6. The number of nitrogens with one attached hydrogen (secondary N) is 2. The van der Waals surface area contributed by atoms with Crippen molar-refractivity contribution in [1.29, 1.82) is 0 Å². The molecule has 2 aromatic carbocycles. The molecule has 0 saturated carbocycles. The second-order valence-corrected chi connectivity index (χ2v) is 12.1. The number of rotatable bonds is 3. The number of sulfonamides is 1. The van der Waals surface area contributed by atoms with Gasteiger partial charge in [-0.25, -0.2) is 18.4 Å². The summed E-state index contributed by atoms with van der Waals surface area (Å²) >= 11 is 6.38. The third-order valence-corrected chi connectivity index (χ3v) is 8.44. The fraction of sp³-hybridized carbons (Fsp3) is 0.250. The van der Waals surface area contributed by atoms with Crippen molar-refractivity contribution >= 4 is 50.6 Å². The molecule has 0 atom stereocenters. The summed E-state index contributed by atoms with van der Waals surface area (Å²) in [5.41, 5.74) is 4.72. The van der Waals surface area contributed by atoms with Gasteiger partial charge in [-0.2, -0.15) is 9.29 Å². The van der Waals surface area contributed by atoms with Crippen LogP contribution in [0.5, 0.6) is 5.75 Å². The van der Waals surface area contributed by atoms with Gasteiger partial charge in [0.2, 0.25) is 16.0 Å². The van der Waals surface area contributed by atoms with Crippen molar-refractivity contribution in [2.45, 2.75) is 6.42 Å². The van der Waals surface area contributed by atoms with Crippen molar-refractivity contribution in [3.05, 3.63) is 77.6 Å². The Balaban J connectivity index is 1.32. The van der Waals surface area contributed by atoms with Crippen molar-refractivity contribution < 1.29 is 13.2 Å². The molecule has 2 aliphatic heterocycles. The zero-order valence-corrected chi connectivity index (χ0v) is 23.4. The lowest BCUT2D eigenvalue weighted by Gasteiger charge is -2.34.